The van der Waals surface area contributed by atoms with Crippen molar-refractivity contribution in [2.24, 2.45) is 0 Å². The van der Waals surface area contributed by atoms with Gasteiger partial charge in [-0.2, -0.15) is 13.2 Å². The number of fused-ring (bicyclic) bond motifs is 1. The molecule has 6 nitrogen and oxygen atoms in total. The maximum Gasteiger partial charge on any atom is 0.416 e. The van der Waals surface area contributed by atoms with Crippen LogP contribution in [0.4, 0.5) is 18.9 Å². The molecule has 0 unspecified atom stereocenters. The van der Waals surface area contributed by atoms with Crippen LogP contribution < -0.4 is 10.1 Å². The molecule has 0 bridgehead atoms. The number of aromatic nitrogens is 1. The molecule has 0 aliphatic carbocycles. The summed E-state index contributed by atoms with van der Waals surface area (Å²) in [6, 6.07) is 12.3. The van der Waals surface area contributed by atoms with E-state index >= 15 is 0 Å². The van der Waals surface area contributed by atoms with Crippen molar-refractivity contribution < 1.29 is 27.1 Å². The van der Waals surface area contributed by atoms with E-state index in [0.29, 0.717) is 24.3 Å². The van der Waals surface area contributed by atoms with Gasteiger partial charge < -0.3 is 14.5 Å². The molecule has 168 valence electrons. The van der Waals surface area contributed by atoms with Crippen molar-refractivity contribution in [1.29, 1.82) is 0 Å². The Hall–Kier alpha value is -3.33. The van der Waals surface area contributed by atoms with Gasteiger partial charge in [0.15, 0.2) is 0 Å². The van der Waals surface area contributed by atoms with Crippen LogP contribution in [0.2, 0.25) is 0 Å². The molecule has 1 amide bonds. The average Bonchev–Trinajstić information content (AvgIpc) is 3.10. The minimum absolute atomic E-state index is 0.0289. The van der Waals surface area contributed by atoms with Gasteiger partial charge in [-0.3, -0.25) is 9.69 Å². The van der Waals surface area contributed by atoms with Gasteiger partial charge >= 0.3 is 12.1 Å². The van der Waals surface area contributed by atoms with Crippen molar-refractivity contribution in [3.05, 3.63) is 77.0 Å². The minimum atomic E-state index is -4.49. The van der Waals surface area contributed by atoms with E-state index in [0.717, 1.165) is 43.1 Å². The molecule has 3 aromatic rings. The van der Waals surface area contributed by atoms with Crippen LogP contribution >= 0.6 is 0 Å². The summed E-state index contributed by atoms with van der Waals surface area (Å²) in [6.45, 7) is 2.17. The molecule has 0 atom stereocenters. The van der Waals surface area contributed by atoms with Crippen LogP contribution in [0.1, 0.15) is 33.3 Å². The topological polar surface area (TPSA) is 67.6 Å². The number of methoxy groups -OCH3 is 1. The molecule has 32 heavy (non-hydrogen) atoms. The van der Waals surface area contributed by atoms with Crippen LogP contribution in [0.25, 0.3) is 0 Å². The summed E-state index contributed by atoms with van der Waals surface area (Å²) in [5.74, 6) is 0.635. The quantitative estimate of drug-likeness (QED) is 0.624. The van der Waals surface area contributed by atoms with Crippen molar-refractivity contribution >= 4 is 11.6 Å². The molecule has 0 saturated heterocycles. The largest absolute Gasteiger partial charge is 0.496 e. The average molecular weight is 445 g/mol. The van der Waals surface area contributed by atoms with Crippen LogP contribution in [0, 0.1) is 0 Å². The number of hydrogen-bond acceptors (Lipinski definition) is 5. The molecule has 2 aromatic carbocycles. The number of alkyl halides is 3. The number of carbonyl (C=O) groups excluding carboxylic acids is 1. The highest BCUT2D eigenvalue weighted by Gasteiger charge is 2.31. The van der Waals surface area contributed by atoms with E-state index < -0.39 is 17.6 Å². The second-order valence-corrected chi connectivity index (χ2v) is 7.51. The molecule has 1 N–H and O–H groups in total. The Labute approximate surface area is 183 Å². The standard InChI is InChI=1S/C23H22F3N3O3/c1-31-19-8-3-2-5-15(19)14-29-11-9-18-20(10-12-29)32-22(28-18)21(30)27-17-7-4-6-16(13-17)23(24,25)26/h2-8,13H,9-12,14H2,1H3,(H,27,30). The zero-order valence-electron chi connectivity index (χ0n) is 17.4. The van der Waals surface area contributed by atoms with Crippen LogP contribution in [-0.2, 0) is 25.6 Å². The molecule has 0 fully saturated rings. The lowest BCUT2D eigenvalue weighted by Crippen LogP contribution is -2.26. The zero-order chi connectivity index (χ0) is 22.7. The van der Waals surface area contributed by atoms with Crippen molar-refractivity contribution in [3.63, 3.8) is 0 Å². The van der Waals surface area contributed by atoms with Crippen LogP contribution in [0.5, 0.6) is 5.75 Å². The Morgan fingerprint density at radius 3 is 2.72 bits per heavy atom. The molecule has 0 saturated carbocycles. The third kappa shape index (κ3) is 4.94. The fourth-order valence-corrected chi connectivity index (χ4v) is 3.70. The van der Waals surface area contributed by atoms with Crippen LogP contribution in [0.15, 0.2) is 52.9 Å². The van der Waals surface area contributed by atoms with Crippen molar-refractivity contribution in [3.8, 4) is 5.75 Å². The summed E-state index contributed by atoms with van der Waals surface area (Å²) < 4.78 is 49.7. The number of rotatable bonds is 5. The van der Waals surface area contributed by atoms with E-state index in [1.165, 1.54) is 12.1 Å². The molecule has 9 heteroatoms. The van der Waals surface area contributed by atoms with E-state index in [1.54, 1.807) is 7.11 Å². The summed E-state index contributed by atoms with van der Waals surface area (Å²) in [5, 5.41) is 2.43. The lowest BCUT2D eigenvalue weighted by molar-refractivity contribution is -0.137. The van der Waals surface area contributed by atoms with Gasteiger partial charge in [-0.1, -0.05) is 24.3 Å². The molecule has 1 aliphatic rings. The fraction of sp³-hybridized carbons (Fsp3) is 0.304. The zero-order valence-corrected chi connectivity index (χ0v) is 17.4. The summed E-state index contributed by atoms with van der Waals surface area (Å²) in [6.07, 6.45) is -3.31. The van der Waals surface area contributed by atoms with Crippen molar-refractivity contribution in [2.75, 3.05) is 25.5 Å². The second-order valence-electron chi connectivity index (χ2n) is 7.51. The monoisotopic (exact) mass is 445 g/mol. The molecule has 4 rings (SSSR count). The lowest BCUT2D eigenvalue weighted by Gasteiger charge is -2.20. The Morgan fingerprint density at radius 1 is 1.16 bits per heavy atom. The molecular formula is C23H22F3N3O3. The number of nitrogens with one attached hydrogen (secondary N) is 1. The first kappa shape index (κ1) is 21.9. The summed E-state index contributed by atoms with van der Waals surface area (Å²) in [7, 11) is 1.64. The highest BCUT2D eigenvalue weighted by atomic mass is 19.4. The lowest BCUT2D eigenvalue weighted by atomic mass is 10.2. The van der Waals surface area contributed by atoms with Gasteiger partial charge in [0.1, 0.15) is 11.5 Å². The highest BCUT2D eigenvalue weighted by molar-refractivity contribution is 6.01. The van der Waals surface area contributed by atoms with Gasteiger partial charge in [-0.05, 0) is 24.3 Å². The van der Waals surface area contributed by atoms with E-state index in [2.05, 4.69) is 15.2 Å². The fourth-order valence-electron chi connectivity index (χ4n) is 3.70. The smallest absolute Gasteiger partial charge is 0.416 e. The third-order valence-corrected chi connectivity index (χ3v) is 5.33. The van der Waals surface area contributed by atoms with E-state index in [-0.39, 0.29) is 11.6 Å². The number of anilines is 1. The normalized spacial score (nSPS) is 14.5. The van der Waals surface area contributed by atoms with E-state index in [1.807, 2.05) is 24.3 Å². The number of carbonyl (C=O) groups is 1. The first-order chi connectivity index (χ1) is 15.3. The predicted molar refractivity (Wildman–Crippen MR) is 112 cm³/mol. The van der Waals surface area contributed by atoms with E-state index in [9.17, 15) is 18.0 Å². The molecule has 0 spiro atoms. The molecule has 1 aromatic heterocycles. The van der Waals surface area contributed by atoms with E-state index in [4.69, 9.17) is 9.15 Å². The molecular weight excluding hydrogens is 423 g/mol. The SMILES string of the molecule is COc1ccccc1CN1CCc2nc(C(=O)Nc3cccc(C(F)(F)F)c3)oc2CC1. The predicted octanol–water partition coefficient (Wildman–Crippen LogP) is 4.56. The van der Waals surface area contributed by atoms with Gasteiger partial charge in [-0.25, -0.2) is 4.98 Å². The maximum absolute atomic E-state index is 12.9. The molecule has 0 radical (unpaired) electrons. The number of hydrogen-bond donors (Lipinski definition) is 1. The number of halogens is 3. The Bertz CT molecular complexity index is 1090. The van der Waals surface area contributed by atoms with Crippen molar-refractivity contribution in [1.82, 2.24) is 9.88 Å². The third-order valence-electron chi connectivity index (χ3n) is 5.33. The number of oxazole rings is 1. The minimum Gasteiger partial charge on any atom is -0.496 e. The number of benzene rings is 2. The van der Waals surface area contributed by atoms with Gasteiger partial charge in [0.25, 0.3) is 5.89 Å². The number of amides is 1. The Morgan fingerprint density at radius 2 is 1.94 bits per heavy atom. The van der Waals surface area contributed by atoms with Crippen LogP contribution in [0.3, 0.4) is 0 Å². The first-order valence-electron chi connectivity index (χ1n) is 10.1. The van der Waals surface area contributed by atoms with Gasteiger partial charge in [0.2, 0.25) is 0 Å². The van der Waals surface area contributed by atoms with Crippen molar-refractivity contribution in [2.45, 2.75) is 25.6 Å². The Kier molecular flexibility index (Phi) is 6.18. The maximum atomic E-state index is 12.9. The number of ether oxygens (including phenoxy) is 1. The second kappa shape index (κ2) is 9.04. The van der Waals surface area contributed by atoms with Gasteiger partial charge in [0.05, 0.1) is 18.4 Å². The molecule has 2 heterocycles. The summed E-state index contributed by atoms with van der Waals surface area (Å²) in [5.41, 5.74) is 0.971. The first-order valence-corrected chi connectivity index (χ1v) is 10.1. The number of para-hydroxylation sites is 1. The summed E-state index contributed by atoms with van der Waals surface area (Å²) in [4.78, 5) is 19.0. The van der Waals surface area contributed by atoms with Gasteiger partial charge in [0, 0.05) is 43.7 Å². The number of nitrogens with zero attached hydrogens (tertiary/aromatic N) is 2. The van der Waals surface area contributed by atoms with Crippen LogP contribution in [-0.4, -0.2) is 36.0 Å². The summed E-state index contributed by atoms with van der Waals surface area (Å²) >= 11 is 0. The Balaban J connectivity index is 1.41. The molecule has 1 aliphatic heterocycles. The highest BCUT2D eigenvalue weighted by Crippen LogP contribution is 2.31. The van der Waals surface area contributed by atoms with Gasteiger partial charge in [-0.15, -0.1) is 0 Å².